The monoisotopic (exact) mass is 1140 g/mol. The van der Waals surface area contributed by atoms with E-state index in [2.05, 4.69) is 118 Å². The fraction of sp³-hybridized carbons (Fsp3) is 0.750. The lowest BCUT2D eigenvalue weighted by Crippen LogP contribution is -2.30. The van der Waals surface area contributed by atoms with Gasteiger partial charge in [-0.2, -0.15) is 0 Å². The summed E-state index contributed by atoms with van der Waals surface area (Å²) in [6.07, 6.45) is 94.8. The third-order valence-corrected chi connectivity index (χ3v) is 15.3. The maximum Gasteiger partial charge on any atom is 0.306 e. The predicted octanol–water partition coefficient (Wildman–Crippen LogP) is 24.4. The first kappa shape index (κ1) is 78.3. The summed E-state index contributed by atoms with van der Waals surface area (Å²) in [5.74, 6) is -0.871. The standard InChI is InChI=1S/C76H132O6/c1-4-7-10-13-16-18-20-22-24-26-28-30-32-33-34-35-36-37-38-39-40-41-42-43-45-46-48-50-52-54-56-58-60-63-66-69-75(78)81-72-73(71-80-74(77)68-65-62-15-12-9-6-3)82-76(79)70-67-64-61-59-57-55-53-51-49-47-44-31-29-27-25-23-21-19-17-14-11-8-5-2/h7,10,16,18,22,24,27-30,33-34,36-37,39-40,73H,4-6,8-9,11-15,17,19-21,23,25-26,31-32,35,38,41-72H2,1-3H3/b10-7-,18-16-,24-22-,29-27-,30-28-,34-33-,37-36-,40-39-. The molecular formula is C76H132O6. The molecule has 0 N–H and O–H groups in total. The summed E-state index contributed by atoms with van der Waals surface area (Å²) in [6.45, 7) is 6.50. The van der Waals surface area contributed by atoms with Crippen molar-refractivity contribution in [3.05, 3.63) is 97.2 Å². The Morgan fingerprint density at radius 3 is 0.756 bits per heavy atom. The number of unbranched alkanes of at least 4 members (excludes halogenated alkanes) is 37. The van der Waals surface area contributed by atoms with E-state index in [1.807, 2.05) is 0 Å². The molecule has 0 rings (SSSR count). The summed E-state index contributed by atoms with van der Waals surface area (Å²) in [5.41, 5.74) is 0. The summed E-state index contributed by atoms with van der Waals surface area (Å²) in [6, 6.07) is 0. The molecule has 0 aliphatic carbocycles. The maximum absolute atomic E-state index is 12.9. The van der Waals surface area contributed by atoms with E-state index in [1.165, 1.54) is 205 Å². The number of ether oxygens (including phenoxy) is 3. The molecule has 0 fully saturated rings. The second-order valence-electron chi connectivity index (χ2n) is 23.4. The molecule has 82 heavy (non-hydrogen) atoms. The Morgan fingerprint density at radius 1 is 0.256 bits per heavy atom. The van der Waals surface area contributed by atoms with Gasteiger partial charge in [0.2, 0.25) is 0 Å². The average molecular weight is 1140 g/mol. The quantitative estimate of drug-likeness (QED) is 0.0261. The summed E-state index contributed by atoms with van der Waals surface area (Å²) in [4.78, 5) is 38.1. The average Bonchev–Trinajstić information content (AvgIpc) is 3.47. The maximum atomic E-state index is 12.9. The molecule has 1 atom stereocenters. The molecule has 6 heteroatoms. The van der Waals surface area contributed by atoms with Crippen molar-refractivity contribution < 1.29 is 28.6 Å². The van der Waals surface area contributed by atoms with Crippen LogP contribution >= 0.6 is 0 Å². The van der Waals surface area contributed by atoms with Crippen LogP contribution in [0.2, 0.25) is 0 Å². The van der Waals surface area contributed by atoms with Crippen molar-refractivity contribution in [3.63, 3.8) is 0 Å². The second kappa shape index (κ2) is 69.8. The highest BCUT2D eigenvalue weighted by molar-refractivity contribution is 5.71. The van der Waals surface area contributed by atoms with Crippen molar-refractivity contribution in [1.29, 1.82) is 0 Å². The van der Waals surface area contributed by atoms with Crippen molar-refractivity contribution in [2.45, 2.75) is 354 Å². The van der Waals surface area contributed by atoms with Crippen LogP contribution < -0.4 is 0 Å². The molecule has 1 unspecified atom stereocenters. The van der Waals surface area contributed by atoms with Gasteiger partial charge in [0.25, 0.3) is 0 Å². The van der Waals surface area contributed by atoms with Gasteiger partial charge in [-0.15, -0.1) is 0 Å². The number of carbonyl (C=O) groups excluding carboxylic acids is 3. The van der Waals surface area contributed by atoms with E-state index in [1.54, 1.807) is 0 Å². The molecule has 0 aliphatic rings. The topological polar surface area (TPSA) is 78.9 Å². The third-order valence-electron chi connectivity index (χ3n) is 15.3. The third kappa shape index (κ3) is 67.1. The van der Waals surface area contributed by atoms with E-state index in [0.717, 1.165) is 103 Å². The van der Waals surface area contributed by atoms with Gasteiger partial charge in [0.15, 0.2) is 6.10 Å². The molecule has 0 radical (unpaired) electrons. The van der Waals surface area contributed by atoms with E-state index in [4.69, 9.17) is 14.2 Å². The number of rotatable bonds is 64. The van der Waals surface area contributed by atoms with E-state index < -0.39 is 6.10 Å². The van der Waals surface area contributed by atoms with Gasteiger partial charge in [0.05, 0.1) is 0 Å². The fourth-order valence-electron chi connectivity index (χ4n) is 10.1. The molecule has 6 nitrogen and oxygen atoms in total. The number of esters is 3. The summed E-state index contributed by atoms with van der Waals surface area (Å²) >= 11 is 0. The van der Waals surface area contributed by atoms with Crippen LogP contribution in [0, 0.1) is 0 Å². The highest BCUT2D eigenvalue weighted by Gasteiger charge is 2.19. The lowest BCUT2D eigenvalue weighted by Gasteiger charge is -2.18. The fourth-order valence-corrected chi connectivity index (χ4v) is 10.1. The van der Waals surface area contributed by atoms with Gasteiger partial charge in [0.1, 0.15) is 13.2 Å². The molecule has 0 saturated carbocycles. The van der Waals surface area contributed by atoms with Crippen LogP contribution in [0.1, 0.15) is 348 Å². The highest BCUT2D eigenvalue weighted by atomic mass is 16.6. The van der Waals surface area contributed by atoms with Gasteiger partial charge < -0.3 is 14.2 Å². The van der Waals surface area contributed by atoms with Crippen molar-refractivity contribution in [3.8, 4) is 0 Å². The van der Waals surface area contributed by atoms with Crippen molar-refractivity contribution in [2.75, 3.05) is 13.2 Å². The Balaban J connectivity index is 4.01. The number of carbonyl (C=O) groups is 3. The number of hydrogen-bond donors (Lipinski definition) is 0. The molecule has 0 saturated heterocycles. The SMILES string of the molecule is CC/C=C\C/C=C\C/C=C\C/C=C\C/C=C\C/C=C\C/C=C\CCCCCCCCCCCCCCCC(=O)OCC(COC(=O)CCCCCCCC)OC(=O)CCCCCCCCCCCCC/C=C\CCCCCCCCCC. The van der Waals surface area contributed by atoms with Crippen LogP contribution in [0.5, 0.6) is 0 Å². The van der Waals surface area contributed by atoms with E-state index in [0.29, 0.717) is 19.3 Å². The largest absolute Gasteiger partial charge is 0.462 e. The van der Waals surface area contributed by atoms with Crippen molar-refractivity contribution in [2.24, 2.45) is 0 Å². The summed E-state index contributed by atoms with van der Waals surface area (Å²) in [5, 5.41) is 0. The van der Waals surface area contributed by atoms with Crippen molar-refractivity contribution >= 4 is 17.9 Å². The first-order valence-corrected chi connectivity index (χ1v) is 35.2. The zero-order chi connectivity index (χ0) is 59.2. The normalized spacial score (nSPS) is 12.7. The van der Waals surface area contributed by atoms with Gasteiger partial charge in [-0.05, 0) is 103 Å². The van der Waals surface area contributed by atoms with E-state index >= 15 is 0 Å². The molecule has 0 aromatic rings. The van der Waals surface area contributed by atoms with Gasteiger partial charge in [-0.1, -0.05) is 323 Å². The highest BCUT2D eigenvalue weighted by Crippen LogP contribution is 2.17. The molecule has 0 aromatic heterocycles. The minimum absolute atomic E-state index is 0.0741. The van der Waals surface area contributed by atoms with Gasteiger partial charge in [-0.25, -0.2) is 0 Å². The Morgan fingerprint density at radius 2 is 0.476 bits per heavy atom. The van der Waals surface area contributed by atoms with E-state index in [9.17, 15) is 14.4 Å². The lowest BCUT2D eigenvalue weighted by atomic mass is 10.0. The summed E-state index contributed by atoms with van der Waals surface area (Å²) in [7, 11) is 0. The zero-order valence-corrected chi connectivity index (χ0v) is 54.2. The molecule has 0 aliphatic heterocycles. The van der Waals surface area contributed by atoms with Crippen molar-refractivity contribution in [1.82, 2.24) is 0 Å². The first-order valence-electron chi connectivity index (χ1n) is 35.2. The van der Waals surface area contributed by atoms with Crippen LogP contribution in [0.25, 0.3) is 0 Å². The number of allylic oxidation sites excluding steroid dienone is 16. The van der Waals surface area contributed by atoms with E-state index in [-0.39, 0.29) is 31.1 Å². The van der Waals surface area contributed by atoms with Crippen LogP contribution in [0.4, 0.5) is 0 Å². The predicted molar refractivity (Wildman–Crippen MR) is 357 cm³/mol. The Kier molecular flexibility index (Phi) is 66.7. The Labute approximate surface area is 508 Å². The molecule has 0 spiro atoms. The van der Waals surface area contributed by atoms with Crippen LogP contribution in [0.15, 0.2) is 97.2 Å². The lowest BCUT2D eigenvalue weighted by molar-refractivity contribution is -0.167. The zero-order valence-electron chi connectivity index (χ0n) is 54.2. The van der Waals surface area contributed by atoms with Gasteiger partial charge in [0, 0.05) is 19.3 Å². The number of hydrogen-bond acceptors (Lipinski definition) is 6. The minimum Gasteiger partial charge on any atom is -0.462 e. The minimum atomic E-state index is -0.774. The Hall–Kier alpha value is -3.67. The molecule has 0 bridgehead atoms. The second-order valence-corrected chi connectivity index (χ2v) is 23.4. The molecule has 0 heterocycles. The summed E-state index contributed by atoms with van der Waals surface area (Å²) < 4.78 is 16.9. The van der Waals surface area contributed by atoms with Crippen LogP contribution in [0.3, 0.4) is 0 Å². The van der Waals surface area contributed by atoms with Crippen LogP contribution in [-0.2, 0) is 28.6 Å². The van der Waals surface area contributed by atoms with Crippen LogP contribution in [-0.4, -0.2) is 37.2 Å². The molecule has 0 amide bonds. The molecular weight excluding hydrogens is 1010 g/mol. The smallest absolute Gasteiger partial charge is 0.306 e. The van der Waals surface area contributed by atoms with Gasteiger partial charge >= 0.3 is 17.9 Å². The Bertz CT molecular complexity index is 1590. The molecule has 0 aromatic carbocycles. The molecule has 472 valence electrons. The first-order chi connectivity index (χ1) is 40.5. The van der Waals surface area contributed by atoms with Gasteiger partial charge in [-0.3, -0.25) is 14.4 Å².